The van der Waals surface area contributed by atoms with Crippen LogP contribution in [0, 0.1) is 0 Å². The highest BCUT2D eigenvalue weighted by Gasteiger charge is 2.28. The van der Waals surface area contributed by atoms with Crippen LogP contribution >= 0.6 is 12.4 Å². The second-order valence-corrected chi connectivity index (χ2v) is 6.96. The largest absolute Gasteiger partial charge is 0.490 e. The minimum absolute atomic E-state index is 0. The van der Waals surface area contributed by atoms with Crippen LogP contribution in [-0.2, 0) is 4.74 Å². The molecule has 0 radical (unpaired) electrons. The Kier molecular flexibility index (Phi) is 7.25. The third-order valence-electron chi connectivity index (χ3n) is 5.15. The molecule has 3 heterocycles. The van der Waals surface area contributed by atoms with E-state index in [0.717, 1.165) is 50.5 Å². The van der Waals surface area contributed by atoms with E-state index in [2.05, 4.69) is 10.3 Å². The van der Waals surface area contributed by atoms with Gasteiger partial charge < -0.3 is 19.7 Å². The fourth-order valence-corrected chi connectivity index (χ4v) is 3.65. The summed E-state index contributed by atoms with van der Waals surface area (Å²) < 4.78 is 11.4. The first kappa shape index (κ1) is 20.6. The van der Waals surface area contributed by atoms with E-state index in [1.165, 1.54) is 0 Å². The number of halogens is 1. The molecule has 1 N–H and O–H groups in total. The first-order chi connectivity index (χ1) is 13.3. The van der Waals surface area contributed by atoms with Gasteiger partial charge in [0.1, 0.15) is 11.9 Å². The van der Waals surface area contributed by atoms with E-state index in [9.17, 15) is 4.79 Å². The molecule has 0 aliphatic carbocycles. The lowest BCUT2D eigenvalue weighted by Crippen LogP contribution is -2.48. The van der Waals surface area contributed by atoms with Gasteiger partial charge in [0.15, 0.2) is 0 Å². The molecule has 150 valence electrons. The first-order valence-corrected chi connectivity index (χ1v) is 9.57. The number of benzene rings is 1. The number of pyridine rings is 1. The van der Waals surface area contributed by atoms with Gasteiger partial charge in [0.2, 0.25) is 0 Å². The Labute approximate surface area is 171 Å². The molecule has 1 atom stereocenters. The number of ether oxygens (including phenoxy) is 2. The van der Waals surface area contributed by atoms with Crippen LogP contribution in [0.25, 0.3) is 0 Å². The third-order valence-corrected chi connectivity index (χ3v) is 5.15. The van der Waals surface area contributed by atoms with Crippen LogP contribution in [0.4, 0.5) is 0 Å². The predicted octanol–water partition coefficient (Wildman–Crippen LogP) is 2.85. The van der Waals surface area contributed by atoms with Crippen LogP contribution in [0.2, 0.25) is 0 Å². The Morgan fingerprint density at radius 1 is 1.18 bits per heavy atom. The van der Waals surface area contributed by atoms with Gasteiger partial charge in [-0.3, -0.25) is 9.78 Å². The normalized spacial score (nSPS) is 20.3. The molecule has 2 aromatic rings. The van der Waals surface area contributed by atoms with Gasteiger partial charge >= 0.3 is 0 Å². The summed E-state index contributed by atoms with van der Waals surface area (Å²) in [6.07, 6.45) is 5.61. The second-order valence-electron chi connectivity index (χ2n) is 6.96. The average molecular weight is 404 g/mol. The quantitative estimate of drug-likeness (QED) is 0.850. The highest BCUT2D eigenvalue weighted by Crippen LogP contribution is 2.25. The topological polar surface area (TPSA) is 63.7 Å². The molecule has 6 nitrogen and oxygen atoms in total. The smallest absolute Gasteiger partial charge is 0.254 e. The highest BCUT2D eigenvalue weighted by molar-refractivity contribution is 5.94. The fourth-order valence-electron chi connectivity index (χ4n) is 3.65. The van der Waals surface area contributed by atoms with Crippen molar-refractivity contribution in [3.05, 3.63) is 59.9 Å². The molecule has 4 rings (SSSR count). The van der Waals surface area contributed by atoms with Gasteiger partial charge in [-0.15, -0.1) is 12.4 Å². The maximum Gasteiger partial charge on any atom is 0.254 e. The number of hydrogen-bond acceptors (Lipinski definition) is 5. The zero-order valence-corrected chi connectivity index (χ0v) is 16.6. The lowest BCUT2D eigenvalue weighted by molar-refractivity contribution is 0.0255. The number of nitrogens with zero attached hydrogens (tertiary/aromatic N) is 2. The van der Waals surface area contributed by atoms with Gasteiger partial charge in [0.25, 0.3) is 5.91 Å². The van der Waals surface area contributed by atoms with Crippen LogP contribution < -0.4 is 10.1 Å². The lowest BCUT2D eigenvalue weighted by Gasteiger charge is -2.36. The Morgan fingerprint density at radius 3 is 2.68 bits per heavy atom. The predicted molar refractivity (Wildman–Crippen MR) is 109 cm³/mol. The second kappa shape index (κ2) is 9.87. The van der Waals surface area contributed by atoms with E-state index in [0.29, 0.717) is 12.1 Å². The molecule has 1 aromatic heterocycles. The molecule has 2 saturated heterocycles. The molecule has 2 aliphatic heterocycles. The average Bonchev–Trinajstić information content (AvgIpc) is 2.75. The van der Waals surface area contributed by atoms with E-state index >= 15 is 0 Å². The van der Waals surface area contributed by atoms with Crippen molar-refractivity contribution in [3.8, 4) is 5.75 Å². The molecule has 0 bridgehead atoms. The Balaban J connectivity index is 0.00000225. The van der Waals surface area contributed by atoms with Crippen molar-refractivity contribution in [2.45, 2.75) is 25.0 Å². The summed E-state index contributed by atoms with van der Waals surface area (Å²) in [6, 6.07) is 11.4. The third kappa shape index (κ3) is 4.82. The number of carbonyl (C=O) groups excluding carboxylic acids is 1. The van der Waals surface area contributed by atoms with Crippen molar-refractivity contribution in [2.75, 3.05) is 32.8 Å². The van der Waals surface area contributed by atoms with Crippen LogP contribution in [0.1, 0.15) is 34.8 Å². The van der Waals surface area contributed by atoms with E-state index < -0.39 is 0 Å². The molecule has 1 aromatic carbocycles. The van der Waals surface area contributed by atoms with Crippen LogP contribution in [0.5, 0.6) is 5.75 Å². The Bertz CT molecular complexity index is 751. The summed E-state index contributed by atoms with van der Waals surface area (Å²) in [5.41, 5.74) is 1.74. The Morgan fingerprint density at radius 2 is 1.96 bits per heavy atom. The number of hydrogen-bond donors (Lipinski definition) is 1. The van der Waals surface area contributed by atoms with Gasteiger partial charge in [0, 0.05) is 50.4 Å². The summed E-state index contributed by atoms with van der Waals surface area (Å²) >= 11 is 0. The number of piperazine rings is 1. The maximum absolute atomic E-state index is 13.1. The number of aromatic nitrogens is 1. The fraction of sp³-hybridized carbons (Fsp3) is 0.429. The van der Waals surface area contributed by atoms with E-state index in [1.807, 2.05) is 47.5 Å². The van der Waals surface area contributed by atoms with Crippen molar-refractivity contribution < 1.29 is 14.3 Å². The molecule has 0 saturated carbocycles. The minimum Gasteiger partial charge on any atom is -0.490 e. The first-order valence-electron chi connectivity index (χ1n) is 9.57. The highest BCUT2D eigenvalue weighted by atomic mass is 35.5. The summed E-state index contributed by atoms with van der Waals surface area (Å²) in [5.74, 6) is 0.852. The minimum atomic E-state index is -0.00175. The van der Waals surface area contributed by atoms with E-state index in [1.54, 1.807) is 6.20 Å². The van der Waals surface area contributed by atoms with Crippen molar-refractivity contribution in [3.63, 3.8) is 0 Å². The van der Waals surface area contributed by atoms with Crippen molar-refractivity contribution in [2.24, 2.45) is 0 Å². The summed E-state index contributed by atoms with van der Waals surface area (Å²) in [7, 11) is 0. The standard InChI is InChI=1S/C21H25N3O3.ClH/c25-21(24-11-10-23-15-20(24)17-2-1-9-22-14-17)16-3-5-18(6-4-16)27-19-7-12-26-13-8-19;/h1-6,9,14,19-20,23H,7-8,10-13,15H2;1H. The van der Waals surface area contributed by atoms with E-state index in [4.69, 9.17) is 9.47 Å². The number of amides is 1. The molecular formula is C21H26ClN3O3. The van der Waals surface area contributed by atoms with Crippen molar-refractivity contribution in [1.29, 1.82) is 0 Å². The molecule has 1 unspecified atom stereocenters. The maximum atomic E-state index is 13.1. The zero-order chi connectivity index (χ0) is 18.5. The lowest BCUT2D eigenvalue weighted by atomic mass is 10.0. The van der Waals surface area contributed by atoms with Gasteiger partial charge in [0.05, 0.1) is 19.3 Å². The molecule has 7 heteroatoms. The number of nitrogens with one attached hydrogen (secondary N) is 1. The zero-order valence-electron chi connectivity index (χ0n) is 15.8. The summed E-state index contributed by atoms with van der Waals surface area (Å²) in [4.78, 5) is 19.2. The van der Waals surface area contributed by atoms with Crippen LogP contribution in [-0.4, -0.2) is 54.7 Å². The molecule has 2 fully saturated rings. The monoisotopic (exact) mass is 403 g/mol. The van der Waals surface area contributed by atoms with Crippen LogP contribution in [0.3, 0.4) is 0 Å². The molecule has 1 amide bonds. The number of carbonyl (C=O) groups is 1. The van der Waals surface area contributed by atoms with Gasteiger partial charge in [-0.25, -0.2) is 0 Å². The Hall–Kier alpha value is -2.15. The molecule has 28 heavy (non-hydrogen) atoms. The SMILES string of the molecule is Cl.O=C(c1ccc(OC2CCOCC2)cc1)N1CCNCC1c1cccnc1. The van der Waals surface area contributed by atoms with Crippen molar-refractivity contribution in [1.82, 2.24) is 15.2 Å². The van der Waals surface area contributed by atoms with E-state index in [-0.39, 0.29) is 30.5 Å². The number of rotatable bonds is 4. The van der Waals surface area contributed by atoms with Crippen LogP contribution in [0.15, 0.2) is 48.8 Å². The van der Waals surface area contributed by atoms with Crippen molar-refractivity contribution >= 4 is 18.3 Å². The molecular weight excluding hydrogens is 378 g/mol. The van der Waals surface area contributed by atoms with Gasteiger partial charge in [-0.1, -0.05) is 6.07 Å². The molecule has 0 spiro atoms. The summed E-state index contributed by atoms with van der Waals surface area (Å²) in [5, 5.41) is 3.37. The summed E-state index contributed by atoms with van der Waals surface area (Å²) in [6.45, 7) is 3.72. The molecule has 2 aliphatic rings. The van der Waals surface area contributed by atoms with Gasteiger partial charge in [-0.05, 0) is 35.9 Å². The van der Waals surface area contributed by atoms with Gasteiger partial charge in [-0.2, -0.15) is 0 Å².